The van der Waals surface area contributed by atoms with Gasteiger partial charge in [-0.1, -0.05) is 32.4 Å². The second-order valence-corrected chi connectivity index (χ2v) is 7.53. The fraction of sp³-hybridized carbons (Fsp3) is 0.474. The third-order valence-electron chi connectivity index (χ3n) is 4.94. The summed E-state index contributed by atoms with van der Waals surface area (Å²) in [5.41, 5.74) is 4.17. The summed E-state index contributed by atoms with van der Waals surface area (Å²) in [5, 5.41) is 12.5. The minimum atomic E-state index is -1.08. The highest BCUT2D eigenvalue weighted by Gasteiger charge is 2.31. The number of aromatic carboxylic acids is 1. The highest BCUT2D eigenvalue weighted by molar-refractivity contribution is 6.03. The maximum atomic E-state index is 11.8. The van der Waals surface area contributed by atoms with Crippen molar-refractivity contribution in [1.29, 1.82) is 0 Å². The Morgan fingerprint density at radius 1 is 1.32 bits per heavy atom. The van der Waals surface area contributed by atoms with Crippen LogP contribution >= 0.6 is 0 Å². The molecule has 1 aromatic carbocycles. The molecule has 0 fully saturated rings. The van der Waals surface area contributed by atoms with Crippen LogP contribution in [-0.4, -0.2) is 11.0 Å². The summed E-state index contributed by atoms with van der Waals surface area (Å²) in [6, 6.07) is 5.79. The van der Waals surface area contributed by atoms with E-state index < -0.39 is 5.97 Å². The van der Waals surface area contributed by atoms with Crippen molar-refractivity contribution in [3.8, 4) is 0 Å². The molecule has 3 nitrogen and oxygen atoms in total. The third-order valence-corrected chi connectivity index (χ3v) is 4.94. The number of nitrogens with zero attached hydrogens (tertiary/aromatic N) is 1. The van der Waals surface area contributed by atoms with Crippen LogP contribution in [0.15, 0.2) is 18.2 Å². The van der Waals surface area contributed by atoms with Crippen LogP contribution in [0.4, 0.5) is 0 Å². The van der Waals surface area contributed by atoms with Crippen molar-refractivity contribution in [2.45, 2.75) is 47.0 Å². The molecule has 1 aliphatic carbocycles. The van der Waals surface area contributed by atoms with Gasteiger partial charge in [-0.2, -0.15) is 0 Å². The van der Waals surface area contributed by atoms with Crippen molar-refractivity contribution in [3.63, 3.8) is 0 Å². The van der Waals surface area contributed by atoms with Crippen molar-refractivity contribution < 1.29 is 9.90 Å². The number of aromatic nitrogens is 1. The third kappa shape index (κ3) is 2.49. The topological polar surface area (TPSA) is 53.0 Å². The summed E-state index contributed by atoms with van der Waals surface area (Å²) < 4.78 is 0. The standard InChI is InChI=1S/C19H23NO2/c1-11-5-7-15-13(9-11)17(18(21)22)14-10-12(19(2,3)4)6-8-16(14)20-15/h5,7,9,12H,6,8,10H2,1-4H3,(H,21,22)/p-1/t12-/m1/s1. The molecule has 3 heteroatoms. The van der Waals surface area contributed by atoms with E-state index in [1.54, 1.807) is 0 Å². The number of hydrogen-bond donors (Lipinski definition) is 0. The van der Waals surface area contributed by atoms with Gasteiger partial charge in [-0.3, -0.25) is 4.98 Å². The van der Waals surface area contributed by atoms with E-state index in [0.29, 0.717) is 16.9 Å². The fourth-order valence-corrected chi connectivity index (χ4v) is 3.53. The lowest BCUT2D eigenvalue weighted by molar-refractivity contribution is -0.254. The monoisotopic (exact) mass is 296 g/mol. The van der Waals surface area contributed by atoms with Crippen molar-refractivity contribution in [2.24, 2.45) is 11.3 Å². The lowest BCUT2D eigenvalue weighted by Crippen LogP contribution is -2.31. The highest BCUT2D eigenvalue weighted by Crippen LogP contribution is 2.39. The zero-order chi connectivity index (χ0) is 16.1. The van der Waals surface area contributed by atoms with Crippen LogP contribution in [0.1, 0.15) is 54.4 Å². The zero-order valence-corrected chi connectivity index (χ0v) is 13.7. The minimum Gasteiger partial charge on any atom is -0.545 e. The van der Waals surface area contributed by atoms with E-state index in [2.05, 4.69) is 20.8 Å². The van der Waals surface area contributed by atoms with Crippen molar-refractivity contribution >= 4 is 16.9 Å². The first kappa shape index (κ1) is 15.0. The van der Waals surface area contributed by atoms with Gasteiger partial charge < -0.3 is 9.90 Å². The largest absolute Gasteiger partial charge is 0.545 e. The molecule has 0 bridgehead atoms. The van der Waals surface area contributed by atoms with Crippen LogP contribution in [-0.2, 0) is 12.8 Å². The van der Waals surface area contributed by atoms with Gasteiger partial charge in [-0.25, -0.2) is 0 Å². The SMILES string of the molecule is Cc1ccc2nc3c(c(C(=O)[O-])c2c1)C[C@H](C(C)(C)C)CC3. The zero-order valence-electron chi connectivity index (χ0n) is 13.7. The number of rotatable bonds is 1. The van der Waals surface area contributed by atoms with E-state index in [0.717, 1.165) is 41.6 Å². The summed E-state index contributed by atoms with van der Waals surface area (Å²) in [4.78, 5) is 16.5. The van der Waals surface area contributed by atoms with Gasteiger partial charge in [0.1, 0.15) is 0 Å². The summed E-state index contributed by atoms with van der Waals surface area (Å²) >= 11 is 0. The molecular weight excluding hydrogens is 274 g/mol. The normalized spacial score (nSPS) is 18.3. The molecule has 3 rings (SSSR count). The van der Waals surface area contributed by atoms with Crippen molar-refractivity contribution in [3.05, 3.63) is 40.6 Å². The molecular formula is C19H22NO2-. The Labute approximate surface area is 131 Å². The van der Waals surface area contributed by atoms with Gasteiger partial charge in [0.05, 0.1) is 11.5 Å². The van der Waals surface area contributed by atoms with Crippen LogP contribution in [0.3, 0.4) is 0 Å². The van der Waals surface area contributed by atoms with Crippen LogP contribution in [0.2, 0.25) is 0 Å². The average molecular weight is 296 g/mol. The number of pyridine rings is 1. The second-order valence-electron chi connectivity index (χ2n) is 7.53. The molecule has 1 heterocycles. The maximum absolute atomic E-state index is 11.8. The van der Waals surface area contributed by atoms with Crippen LogP contribution in [0.5, 0.6) is 0 Å². The summed E-state index contributed by atoms with van der Waals surface area (Å²) in [7, 11) is 0. The van der Waals surface area contributed by atoms with Gasteiger partial charge in [0.2, 0.25) is 0 Å². The first-order valence-corrected chi connectivity index (χ1v) is 7.91. The molecule has 0 unspecified atom stereocenters. The Balaban J connectivity index is 2.24. The van der Waals surface area contributed by atoms with E-state index in [-0.39, 0.29) is 5.41 Å². The highest BCUT2D eigenvalue weighted by atomic mass is 16.4. The first-order chi connectivity index (χ1) is 10.3. The summed E-state index contributed by atoms with van der Waals surface area (Å²) in [6.45, 7) is 8.63. The van der Waals surface area contributed by atoms with E-state index in [1.807, 2.05) is 25.1 Å². The van der Waals surface area contributed by atoms with Gasteiger partial charge in [-0.05, 0) is 55.2 Å². The van der Waals surface area contributed by atoms with Crippen LogP contribution in [0, 0.1) is 18.3 Å². The number of fused-ring (bicyclic) bond motifs is 2. The van der Waals surface area contributed by atoms with Gasteiger partial charge in [0.25, 0.3) is 0 Å². The van der Waals surface area contributed by atoms with Gasteiger partial charge in [0.15, 0.2) is 0 Å². The number of hydrogen-bond acceptors (Lipinski definition) is 3. The van der Waals surface area contributed by atoms with E-state index in [1.165, 1.54) is 0 Å². The van der Waals surface area contributed by atoms with Crippen LogP contribution < -0.4 is 5.11 Å². The van der Waals surface area contributed by atoms with Crippen LogP contribution in [0.25, 0.3) is 10.9 Å². The molecule has 0 saturated carbocycles. The Hall–Kier alpha value is -1.90. The number of carboxylic acid groups (broad SMARTS) is 1. The molecule has 2 aromatic rings. The van der Waals surface area contributed by atoms with Gasteiger partial charge >= 0.3 is 0 Å². The number of carboxylic acids is 1. The summed E-state index contributed by atoms with van der Waals surface area (Å²) in [6.07, 6.45) is 2.69. The Bertz CT molecular complexity index is 756. The number of carbonyl (C=O) groups is 1. The molecule has 0 aliphatic heterocycles. The summed E-state index contributed by atoms with van der Waals surface area (Å²) in [5.74, 6) is -0.606. The second kappa shape index (κ2) is 5.08. The predicted molar refractivity (Wildman–Crippen MR) is 85.8 cm³/mol. The molecule has 0 spiro atoms. The Morgan fingerprint density at radius 3 is 2.68 bits per heavy atom. The fourth-order valence-electron chi connectivity index (χ4n) is 3.53. The Morgan fingerprint density at radius 2 is 2.05 bits per heavy atom. The van der Waals surface area contributed by atoms with Gasteiger partial charge in [0, 0.05) is 16.6 Å². The number of aryl methyl sites for hydroxylation is 2. The molecule has 22 heavy (non-hydrogen) atoms. The van der Waals surface area contributed by atoms with E-state index >= 15 is 0 Å². The maximum Gasteiger partial charge on any atom is 0.0725 e. The molecule has 1 aromatic heterocycles. The molecule has 0 amide bonds. The molecule has 0 saturated heterocycles. The van der Waals surface area contributed by atoms with Crippen molar-refractivity contribution in [1.82, 2.24) is 4.98 Å². The molecule has 1 atom stereocenters. The quantitative estimate of drug-likeness (QED) is 0.812. The van der Waals surface area contributed by atoms with Crippen molar-refractivity contribution in [2.75, 3.05) is 0 Å². The molecule has 0 N–H and O–H groups in total. The van der Waals surface area contributed by atoms with E-state index in [9.17, 15) is 9.90 Å². The van der Waals surface area contributed by atoms with E-state index in [4.69, 9.17) is 4.98 Å². The van der Waals surface area contributed by atoms with Gasteiger partial charge in [-0.15, -0.1) is 0 Å². The lowest BCUT2D eigenvalue weighted by Gasteiger charge is -2.35. The Kier molecular flexibility index (Phi) is 3.47. The molecule has 116 valence electrons. The molecule has 0 radical (unpaired) electrons. The molecule has 1 aliphatic rings. The average Bonchev–Trinajstić information content (AvgIpc) is 2.42. The number of benzene rings is 1. The predicted octanol–water partition coefficient (Wildman–Crippen LogP) is 3.06. The lowest BCUT2D eigenvalue weighted by atomic mass is 9.70. The smallest absolute Gasteiger partial charge is 0.0725 e. The number of carbonyl (C=O) groups excluding carboxylic acids is 1. The first-order valence-electron chi connectivity index (χ1n) is 7.91. The minimum absolute atomic E-state index is 0.169.